The Morgan fingerprint density at radius 3 is 2.90 bits per heavy atom. The van der Waals surface area contributed by atoms with Crippen molar-refractivity contribution in [3.8, 4) is 0 Å². The first-order valence-electron chi connectivity index (χ1n) is 6.78. The zero-order valence-electron chi connectivity index (χ0n) is 11.9. The molecule has 0 radical (unpaired) electrons. The van der Waals surface area contributed by atoms with Crippen molar-refractivity contribution in [2.24, 2.45) is 5.92 Å². The summed E-state index contributed by atoms with van der Waals surface area (Å²) in [4.78, 5) is 16.4. The number of ketones is 1. The third-order valence-electron chi connectivity index (χ3n) is 3.70. The van der Waals surface area contributed by atoms with E-state index in [4.69, 9.17) is 0 Å². The van der Waals surface area contributed by atoms with Gasteiger partial charge < -0.3 is 0 Å². The van der Waals surface area contributed by atoms with Gasteiger partial charge in [0.15, 0.2) is 5.78 Å². The van der Waals surface area contributed by atoms with Crippen LogP contribution in [0.15, 0.2) is 18.3 Å². The van der Waals surface area contributed by atoms with Crippen molar-refractivity contribution < 1.29 is 13.2 Å². The summed E-state index contributed by atoms with van der Waals surface area (Å²) < 4.78 is 24.6. The summed E-state index contributed by atoms with van der Waals surface area (Å²) in [7, 11) is -3.16. The Bertz CT molecular complexity index is 598. The van der Waals surface area contributed by atoms with Crippen LogP contribution in [0.25, 0.3) is 0 Å². The van der Waals surface area contributed by atoms with Crippen LogP contribution in [0.5, 0.6) is 0 Å². The van der Waals surface area contributed by atoms with E-state index in [0.29, 0.717) is 25.2 Å². The summed E-state index contributed by atoms with van der Waals surface area (Å²) in [5, 5.41) is 0. The Kier molecular flexibility index (Phi) is 4.55. The number of Topliss-reactive ketones (excluding diaryl/α,β-unsaturated/α-hetero) is 1. The Hall–Kier alpha value is -1.27. The number of nitrogens with zero attached hydrogens (tertiary/aromatic N) is 2. The number of carbonyl (C=O) groups is 1. The maximum Gasteiger partial charge on any atom is 0.211 e. The molecule has 5 nitrogen and oxygen atoms in total. The van der Waals surface area contributed by atoms with E-state index in [1.807, 2.05) is 13.0 Å². The number of aromatic nitrogens is 1. The topological polar surface area (TPSA) is 67.3 Å². The molecule has 0 aromatic carbocycles. The average Bonchev–Trinajstić information content (AvgIpc) is 2.38. The van der Waals surface area contributed by atoms with Gasteiger partial charge in [-0.3, -0.25) is 9.78 Å². The van der Waals surface area contributed by atoms with Crippen LogP contribution in [0, 0.1) is 12.8 Å². The van der Waals surface area contributed by atoms with Gasteiger partial charge in [-0.1, -0.05) is 6.07 Å². The monoisotopic (exact) mass is 296 g/mol. The van der Waals surface area contributed by atoms with Crippen LogP contribution in [0.1, 0.15) is 35.3 Å². The van der Waals surface area contributed by atoms with E-state index in [0.717, 1.165) is 18.4 Å². The molecule has 20 heavy (non-hydrogen) atoms. The first kappa shape index (κ1) is 15.1. The van der Waals surface area contributed by atoms with Crippen LogP contribution in [0.2, 0.25) is 0 Å². The summed E-state index contributed by atoms with van der Waals surface area (Å²) in [5.41, 5.74) is 1.37. The van der Waals surface area contributed by atoms with Crippen LogP contribution >= 0.6 is 0 Å². The second-order valence-corrected chi connectivity index (χ2v) is 7.41. The van der Waals surface area contributed by atoms with E-state index in [9.17, 15) is 13.2 Å². The number of hydrogen-bond donors (Lipinski definition) is 0. The lowest BCUT2D eigenvalue weighted by Crippen LogP contribution is -2.39. The molecule has 1 saturated heterocycles. The number of rotatable bonds is 4. The van der Waals surface area contributed by atoms with Gasteiger partial charge in [0.25, 0.3) is 0 Å². The van der Waals surface area contributed by atoms with Crippen LogP contribution < -0.4 is 0 Å². The largest absolute Gasteiger partial charge is 0.292 e. The van der Waals surface area contributed by atoms with Crippen molar-refractivity contribution in [1.29, 1.82) is 0 Å². The highest BCUT2D eigenvalue weighted by atomic mass is 32.2. The molecule has 1 aromatic heterocycles. The van der Waals surface area contributed by atoms with Crippen LogP contribution in [-0.2, 0) is 10.0 Å². The van der Waals surface area contributed by atoms with Gasteiger partial charge in [-0.25, -0.2) is 12.7 Å². The van der Waals surface area contributed by atoms with Gasteiger partial charge in [0.1, 0.15) is 5.69 Å². The maximum atomic E-state index is 12.3. The van der Waals surface area contributed by atoms with Gasteiger partial charge in [-0.15, -0.1) is 0 Å². The molecule has 0 saturated carbocycles. The predicted octanol–water partition coefficient (Wildman–Crippen LogP) is 1.63. The molecule has 0 spiro atoms. The van der Waals surface area contributed by atoms with Crippen LogP contribution in [0.3, 0.4) is 0 Å². The minimum absolute atomic E-state index is 0.00320. The van der Waals surface area contributed by atoms with Crippen molar-refractivity contribution in [2.75, 3.05) is 19.3 Å². The van der Waals surface area contributed by atoms with E-state index in [1.54, 1.807) is 12.3 Å². The molecule has 0 amide bonds. The van der Waals surface area contributed by atoms with E-state index in [2.05, 4.69) is 4.98 Å². The first-order valence-corrected chi connectivity index (χ1v) is 8.62. The highest BCUT2D eigenvalue weighted by molar-refractivity contribution is 7.88. The van der Waals surface area contributed by atoms with Gasteiger partial charge in [0.2, 0.25) is 10.0 Å². The molecule has 1 unspecified atom stereocenters. The molecular formula is C14H20N2O3S. The quantitative estimate of drug-likeness (QED) is 0.792. The Morgan fingerprint density at radius 1 is 1.50 bits per heavy atom. The number of sulfonamides is 1. The van der Waals surface area contributed by atoms with Gasteiger partial charge >= 0.3 is 0 Å². The van der Waals surface area contributed by atoms with E-state index in [-0.39, 0.29) is 11.7 Å². The molecule has 0 N–H and O–H groups in total. The summed E-state index contributed by atoms with van der Waals surface area (Å²) >= 11 is 0. The van der Waals surface area contributed by atoms with Gasteiger partial charge in [-0.2, -0.15) is 0 Å². The van der Waals surface area contributed by atoms with Gasteiger partial charge in [0.05, 0.1) is 6.26 Å². The smallest absolute Gasteiger partial charge is 0.211 e. The molecule has 6 heteroatoms. The number of carbonyl (C=O) groups excluding carboxylic acids is 1. The normalized spacial score (nSPS) is 20.8. The Labute approximate surface area is 120 Å². The predicted molar refractivity (Wildman–Crippen MR) is 77.1 cm³/mol. The molecule has 1 aliphatic rings. The van der Waals surface area contributed by atoms with Crippen molar-refractivity contribution in [3.05, 3.63) is 29.6 Å². The second kappa shape index (κ2) is 6.01. The second-order valence-electron chi connectivity index (χ2n) is 5.43. The highest BCUT2D eigenvalue weighted by Crippen LogP contribution is 2.23. The molecule has 110 valence electrons. The molecule has 2 rings (SSSR count). The first-order chi connectivity index (χ1) is 9.38. The zero-order valence-corrected chi connectivity index (χ0v) is 12.7. The molecule has 0 bridgehead atoms. The third kappa shape index (κ3) is 3.64. The van der Waals surface area contributed by atoms with Gasteiger partial charge in [0, 0.05) is 25.7 Å². The van der Waals surface area contributed by atoms with Crippen LogP contribution in [-0.4, -0.2) is 42.8 Å². The van der Waals surface area contributed by atoms with Gasteiger partial charge in [-0.05, 0) is 37.3 Å². The number of piperidine rings is 1. The summed E-state index contributed by atoms with van der Waals surface area (Å²) in [6.07, 6.45) is 4.91. The number of hydrogen-bond acceptors (Lipinski definition) is 4. The highest BCUT2D eigenvalue weighted by Gasteiger charge is 2.27. The lowest BCUT2D eigenvalue weighted by molar-refractivity contribution is 0.0937. The molecule has 0 aliphatic carbocycles. The molecular weight excluding hydrogens is 276 g/mol. The minimum atomic E-state index is -3.16. The SMILES string of the molecule is Cc1cccnc1C(=O)CC1CCCN(S(C)(=O)=O)C1. The van der Waals surface area contributed by atoms with Crippen LogP contribution in [0.4, 0.5) is 0 Å². The van der Waals surface area contributed by atoms with E-state index < -0.39 is 10.0 Å². The van der Waals surface area contributed by atoms with Crippen molar-refractivity contribution in [2.45, 2.75) is 26.2 Å². The number of aryl methyl sites for hydroxylation is 1. The fraction of sp³-hybridized carbons (Fsp3) is 0.571. The molecule has 2 heterocycles. The lowest BCUT2D eigenvalue weighted by Gasteiger charge is -2.30. The lowest BCUT2D eigenvalue weighted by atomic mass is 9.92. The average molecular weight is 296 g/mol. The third-order valence-corrected chi connectivity index (χ3v) is 4.97. The zero-order chi connectivity index (χ0) is 14.8. The summed E-state index contributed by atoms with van der Waals surface area (Å²) in [6.45, 7) is 2.87. The van der Waals surface area contributed by atoms with Crippen molar-refractivity contribution >= 4 is 15.8 Å². The Morgan fingerprint density at radius 2 is 2.25 bits per heavy atom. The molecule has 1 atom stereocenters. The van der Waals surface area contributed by atoms with Crippen molar-refractivity contribution in [1.82, 2.24) is 9.29 Å². The van der Waals surface area contributed by atoms with E-state index >= 15 is 0 Å². The standard InChI is InChI=1S/C14H20N2O3S/c1-11-5-3-7-15-14(11)13(17)9-12-6-4-8-16(10-12)20(2,18)19/h3,5,7,12H,4,6,8-10H2,1-2H3. The minimum Gasteiger partial charge on any atom is -0.292 e. The Balaban J connectivity index is 2.03. The van der Waals surface area contributed by atoms with E-state index in [1.165, 1.54) is 10.6 Å². The fourth-order valence-electron chi connectivity index (χ4n) is 2.63. The maximum absolute atomic E-state index is 12.3. The van der Waals surface area contributed by atoms with Crippen molar-refractivity contribution in [3.63, 3.8) is 0 Å². The molecule has 1 fully saturated rings. The summed E-state index contributed by atoms with van der Waals surface area (Å²) in [5.74, 6) is 0.0934. The summed E-state index contributed by atoms with van der Waals surface area (Å²) in [6, 6.07) is 3.67. The fourth-order valence-corrected chi connectivity index (χ4v) is 3.57. The molecule has 1 aliphatic heterocycles. The molecule has 1 aromatic rings. The number of pyridine rings is 1.